The summed E-state index contributed by atoms with van der Waals surface area (Å²) in [5.41, 5.74) is -1.05. The van der Waals surface area contributed by atoms with E-state index in [0.717, 1.165) is 38.2 Å². The summed E-state index contributed by atoms with van der Waals surface area (Å²) in [5.74, 6) is -3.43. The van der Waals surface area contributed by atoms with E-state index in [-0.39, 0.29) is 17.6 Å². The Hall–Kier alpha value is -2.02. The average molecular weight is 448 g/mol. The second kappa shape index (κ2) is 9.08. The molecule has 0 aromatic carbocycles. The minimum Gasteiger partial charge on any atom is -0.479 e. The quantitative estimate of drug-likeness (QED) is 0.425. The predicted molar refractivity (Wildman–Crippen MR) is 118 cm³/mol. The zero-order chi connectivity index (χ0) is 24.0. The SMILES string of the molecule is C/C=C(\C)[C@@H]1CC[C@@H]2C[C@H](C)C[C@H](C)[C@H]2[C@@H]1C(=O)C1C(=O)N[C@H](C[C@@](C)(O)C(=O)O)C1=O. The lowest BCUT2D eigenvalue weighted by Crippen LogP contribution is -2.49. The van der Waals surface area contributed by atoms with Crippen molar-refractivity contribution < 1.29 is 29.4 Å². The van der Waals surface area contributed by atoms with Crippen LogP contribution in [0.15, 0.2) is 11.6 Å². The van der Waals surface area contributed by atoms with Gasteiger partial charge in [-0.05, 0) is 76.0 Å². The van der Waals surface area contributed by atoms with Crippen molar-refractivity contribution in [3.05, 3.63) is 11.6 Å². The Labute approximate surface area is 190 Å². The molecule has 7 nitrogen and oxygen atoms in total. The molecule has 0 radical (unpaired) electrons. The van der Waals surface area contributed by atoms with Crippen LogP contribution in [0, 0.1) is 41.4 Å². The molecule has 0 spiro atoms. The van der Waals surface area contributed by atoms with Gasteiger partial charge in [0.15, 0.2) is 23.1 Å². The highest BCUT2D eigenvalue weighted by Gasteiger charge is 2.55. The highest BCUT2D eigenvalue weighted by Crippen LogP contribution is 2.53. The molecule has 0 aromatic rings. The van der Waals surface area contributed by atoms with Crippen molar-refractivity contribution in [2.45, 2.75) is 78.4 Å². The molecule has 1 aliphatic heterocycles. The van der Waals surface area contributed by atoms with Crippen LogP contribution in [0.4, 0.5) is 0 Å². The molecular formula is C25H37NO6. The van der Waals surface area contributed by atoms with Gasteiger partial charge in [0, 0.05) is 12.3 Å². The van der Waals surface area contributed by atoms with Gasteiger partial charge in [0.05, 0.1) is 6.04 Å². The van der Waals surface area contributed by atoms with Crippen LogP contribution in [0.5, 0.6) is 0 Å². The number of Topliss-reactive ketones (excluding diaryl/α,β-unsaturated/α-hetero) is 2. The number of aliphatic hydroxyl groups is 1. The van der Waals surface area contributed by atoms with Gasteiger partial charge in [-0.15, -0.1) is 0 Å². The minimum atomic E-state index is -2.17. The number of fused-ring (bicyclic) bond motifs is 1. The number of amides is 1. The number of carbonyl (C=O) groups excluding carboxylic acids is 3. The first-order chi connectivity index (χ1) is 14.9. The Morgan fingerprint density at radius 2 is 1.84 bits per heavy atom. The molecule has 1 heterocycles. The van der Waals surface area contributed by atoms with Gasteiger partial charge in [0.1, 0.15) is 0 Å². The van der Waals surface area contributed by atoms with Crippen molar-refractivity contribution in [3.8, 4) is 0 Å². The lowest BCUT2D eigenvalue weighted by Gasteiger charge is -2.50. The van der Waals surface area contributed by atoms with E-state index in [2.05, 4.69) is 19.2 Å². The topological polar surface area (TPSA) is 121 Å². The molecule has 1 saturated heterocycles. The first-order valence-corrected chi connectivity index (χ1v) is 11.8. The number of aliphatic carboxylic acids is 1. The third kappa shape index (κ3) is 4.41. The third-order valence-electron chi connectivity index (χ3n) is 8.30. The van der Waals surface area contributed by atoms with Gasteiger partial charge in [-0.3, -0.25) is 14.4 Å². The molecule has 2 saturated carbocycles. The highest BCUT2D eigenvalue weighted by molar-refractivity contribution is 6.25. The first-order valence-electron chi connectivity index (χ1n) is 11.8. The fourth-order valence-electron chi connectivity index (χ4n) is 6.69. The van der Waals surface area contributed by atoms with Crippen molar-refractivity contribution in [1.82, 2.24) is 5.32 Å². The number of hydrogen-bond donors (Lipinski definition) is 3. The van der Waals surface area contributed by atoms with E-state index in [9.17, 15) is 29.4 Å². The van der Waals surface area contributed by atoms with E-state index < -0.39 is 47.6 Å². The minimum absolute atomic E-state index is 0.00591. The molecule has 1 amide bonds. The predicted octanol–water partition coefficient (Wildman–Crippen LogP) is 2.76. The number of carboxylic acids is 1. The van der Waals surface area contributed by atoms with Gasteiger partial charge < -0.3 is 15.5 Å². The van der Waals surface area contributed by atoms with Crippen molar-refractivity contribution >= 4 is 23.4 Å². The smallest absolute Gasteiger partial charge is 0.335 e. The van der Waals surface area contributed by atoms with Crippen LogP contribution in [0.2, 0.25) is 0 Å². The number of nitrogens with one attached hydrogen (secondary N) is 1. The van der Waals surface area contributed by atoms with Crippen LogP contribution < -0.4 is 5.32 Å². The molecule has 3 N–H and O–H groups in total. The molecule has 0 bridgehead atoms. The summed E-state index contributed by atoms with van der Waals surface area (Å²) in [5, 5.41) is 21.8. The Bertz CT molecular complexity index is 830. The second-order valence-electron chi connectivity index (χ2n) is 10.7. The number of allylic oxidation sites excluding steroid dienone is 2. The fraction of sp³-hybridized carbons (Fsp3) is 0.760. The average Bonchev–Trinajstić information content (AvgIpc) is 2.98. The molecule has 1 unspecified atom stereocenters. The van der Waals surface area contributed by atoms with E-state index >= 15 is 0 Å². The zero-order valence-corrected chi connectivity index (χ0v) is 19.8. The van der Waals surface area contributed by atoms with Crippen LogP contribution in [-0.2, 0) is 19.2 Å². The van der Waals surface area contributed by atoms with Crippen LogP contribution in [-0.4, -0.2) is 45.3 Å². The lowest BCUT2D eigenvalue weighted by atomic mass is 9.53. The Balaban J connectivity index is 1.92. The van der Waals surface area contributed by atoms with Crippen molar-refractivity contribution in [1.29, 1.82) is 0 Å². The van der Waals surface area contributed by atoms with Gasteiger partial charge in [-0.2, -0.15) is 0 Å². The van der Waals surface area contributed by atoms with Gasteiger partial charge in [-0.1, -0.05) is 25.5 Å². The van der Waals surface area contributed by atoms with E-state index in [0.29, 0.717) is 17.8 Å². The molecule has 7 heteroatoms. The highest BCUT2D eigenvalue weighted by atomic mass is 16.4. The van der Waals surface area contributed by atoms with E-state index in [1.54, 1.807) is 0 Å². The molecule has 32 heavy (non-hydrogen) atoms. The Morgan fingerprint density at radius 3 is 2.44 bits per heavy atom. The molecule has 3 rings (SSSR count). The second-order valence-corrected chi connectivity index (χ2v) is 10.7. The summed E-state index contributed by atoms with van der Waals surface area (Å²) >= 11 is 0. The van der Waals surface area contributed by atoms with Crippen LogP contribution >= 0.6 is 0 Å². The van der Waals surface area contributed by atoms with Crippen molar-refractivity contribution in [3.63, 3.8) is 0 Å². The van der Waals surface area contributed by atoms with Crippen molar-refractivity contribution in [2.24, 2.45) is 41.4 Å². The summed E-state index contributed by atoms with van der Waals surface area (Å²) in [6.45, 7) is 9.49. The lowest BCUT2D eigenvalue weighted by molar-refractivity contribution is -0.158. The van der Waals surface area contributed by atoms with Crippen LogP contribution in [0.1, 0.15) is 66.7 Å². The monoisotopic (exact) mass is 447 g/mol. The van der Waals surface area contributed by atoms with Gasteiger partial charge >= 0.3 is 5.97 Å². The standard InChI is InChI=1S/C25H37NO6/c1-6-13(3)16-8-7-15-10-12(2)9-14(4)18(15)19(16)22(28)20-21(27)17(26-23(20)29)11-25(5,32)24(30)31/h6,12,14-20,32H,7-11H2,1-5H3,(H,26,29)(H,30,31)/b13-6+/t12-,14+,15-,16+,17-,18-,19-,20?,25-/m1/s1. The van der Waals surface area contributed by atoms with Crippen LogP contribution in [0.25, 0.3) is 0 Å². The zero-order valence-electron chi connectivity index (χ0n) is 19.8. The fourth-order valence-corrected chi connectivity index (χ4v) is 6.69. The number of rotatable bonds is 6. The van der Waals surface area contributed by atoms with Gasteiger partial charge in [-0.25, -0.2) is 4.79 Å². The Morgan fingerprint density at radius 1 is 1.19 bits per heavy atom. The number of carbonyl (C=O) groups is 4. The largest absolute Gasteiger partial charge is 0.479 e. The van der Waals surface area contributed by atoms with Crippen molar-refractivity contribution in [2.75, 3.05) is 0 Å². The normalized spacial score (nSPS) is 39.8. The number of carboxylic acid groups (broad SMARTS) is 1. The van der Waals surface area contributed by atoms with Gasteiger partial charge in [0.25, 0.3) is 0 Å². The maximum atomic E-state index is 13.9. The summed E-state index contributed by atoms with van der Waals surface area (Å²) in [6.07, 6.45) is 5.57. The third-order valence-corrected chi connectivity index (χ3v) is 8.30. The number of ketones is 2. The number of hydrogen-bond acceptors (Lipinski definition) is 5. The van der Waals surface area contributed by atoms with Crippen LogP contribution in [0.3, 0.4) is 0 Å². The summed E-state index contributed by atoms with van der Waals surface area (Å²) < 4.78 is 0. The molecule has 9 atom stereocenters. The maximum absolute atomic E-state index is 13.9. The molecule has 178 valence electrons. The van der Waals surface area contributed by atoms with Gasteiger partial charge in [0.2, 0.25) is 5.91 Å². The first kappa shape index (κ1) is 24.6. The summed E-state index contributed by atoms with van der Waals surface area (Å²) in [4.78, 5) is 51.1. The van der Waals surface area contributed by atoms with E-state index in [1.165, 1.54) is 0 Å². The molecular weight excluding hydrogens is 410 g/mol. The van der Waals surface area contributed by atoms with E-state index in [1.807, 2.05) is 19.9 Å². The molecule has 3 fully saturated rings. The summed E-state index contributed by atoms with van der Waals surface area (Å²) in [6, 6.07) is -1.17. The Kier molecular flexibility index (Phi) is 6.99. The molecule has 2 aliphatic carbocycles. The van der Waals surface area contributed by atoms with E-state index in [4.69, 9.17) is 0 Å². The maximum Gasteiger partial charge on any atom is 0.335 e. The molecule has 3 aliphatic rings. The summed E-state index contributed by atoms with van der Waals surface area (Å²) in [7, 11) is 0. The molecule has 0 aromatic heterocycles.